The Morgan fingerprint density at radius 1 is 0.567 bits per heavy atom. The van der Waals surface area contributed by atoms with Gasteiger partial charge in [-0.05, 0) is 101 Å². The van der Waals surface area contributed by atoms with Crippen molar-refractivity contribution < 1.29 is 34.0 Å². The summed E-state index contributed by atoms with van der Waals surface area (Å²) < 4.78 is 165. The van der Waals surface area contributed by atoms with Gasteiger partial charge in [-0.15, -0.1) is 0 Å². The molecular weight excluding hydrogens is 733 g/mol. The van der Waals surface area contributed by atoms with E-state index in [1.807, 2.05) is 54.6 Å². The molecule has 0 fully saturated rings. The van der Waals surface area contributed by atoms with Gasteiger partial charge in [0.2, 0.25) is 0 Å². The lowest BCUT2D eigenvalue weighted by atomic mass is 9.98. The molecule has 11 aromatic rings. The van der Waals surface area contributed by atoms with Crippen molar-refractivity contribution in [2.24, 2.45) is 0 Å². The van der Waals surface area contributed by atoms with Gasteiger partial charge in [0, 0.05) is 32.7 Å². The molecule has 5 heteroatoms. The highest BCUT2D eigenvalue weighted by Gasteiger charge is 2.18. The molecule has 0 N–H and O–H groups in total. The molecule has 0 unspecified atom stereocenters. The van der Waals surface area contributed by atoms with Gasteiger partial charge in [0.05, 0.1) is 54.0 Å². The maximum Gasteiger partial charge on any atom is 0.269 e. The van der Waals surface area contributed by atoms with Crippen molar-refractivity contribution in [2.45, 2.75) is 6.85 Å². The number of fused-ring (bicyclic) bond motifs is 4. The van der Waals surface area contributed by atoms with E-state index in [1.165, 1.54) is 18.3 Å². The van der Waals surface area contributed by atoms with Gasteiger partial charge >= 0.3 is 0 Å². The maximum absolute atomic E-state index is 8.85. The lowest BCUT2D eigenvalue weighted by Crippen LogP contribution is -2.29. The van der Waals surface area contributed by atoms with E-state index < -0.39 is 97.5 Å². The van der Waals surface area contributed by atoms with Crippen molar-refractivity contribution >= 4 is 32.8 Å². The molecule has 8 aromatic carbocycles. The van der Waals surface area contributed by atoms with Crippen molar-refractivity contribution in [3.05, 3.63) is 224 Å². The highest BCUT2D eigenvalue weighted by molar-refractivity contribution is 6.09. The number of imidazole rings is 1. The number of aromatic nitrogens is 4. The van der Waals surface area contributed by atoms with Crippen LogP contribution in [0.2, 0.25) is 0 Å². The second kappa shape index (κ2) is 14.7. The van der Waals surface area contributed by atoms with E-state index in [4.69, 9.17) is 29.4 Å². The molecule has 0 saturated heterocycles. The minimum Gasteiger partial charge on any atom is -0.458 e. The fourth-order valence-corrected chi connectivity index (χ4v) is 7.49. The normalized spacial score (nSPS) is 15.9. The van der Waals surface area contributed by atoms with Gasteiger partial charge in [-0.25, -0.2) is 4.98 Å². The van der Waals surface area contributed by atoms with Crippen LogP contribution in [-0.2, 0) is 0 Å². The predicted octanol–water partition coefficient (Wildman–Crippen LogP) is 13.3. The number of benzene rings is 8. The smallest absolute Gasteiger partial charge is 0.269 e. The van der Waals surface area contributed by atoms with E-state index in [0.717, 1.165) is 10.8 Å². The van der Waals surface area contributed by atoms with Gasteiger partial charge in [0.1, 0.15) is 17.3 Å². The number of ether oxygens (including phenoxy) is 1. The van der Waals surface area contributed by atoms with E-state index in [1.54, 1.807) is 62.2 Å². The second-order valence-electron chi connectivity index (χ2n) is 13.7. The molecule has 0 amide bonds. The first kappa shape index (κ1) is 21.1. The average molecular weight is 789 g/mol. The summed E-state index contributed by atoms with van der Waals surface area (Å²) in [5, 5.41) is 1.59. The molecular formula is C55H38N4O. The largest absolute Gasteiger partial charge is 0.458 e. The van der Waals surface area contributed by atoms with Crippen LogP contribution in [0, 0.1) is 13.2 Å². The summed E-state index contributed by atoms with van der Waals surface area (Å²) in [5.41, 5.74) is 2.62. The van der Waals surface area contributed by atoms with Gasteiger partial charge in [-0.1, -0.05) is 139 Å². The van der Waals surface area contributed by atoms with Crippen molar-refractivity contribution in [2.75, 3.05) is 0 Å². The fraction of sp³-hybridized carbons (Fsp3) is 0.0182. The van der Waals surface area contributed by atoms with Crippen molar-refractivity contribution in [3.63, 3.8) is 0 Å². The van der Waals surface area contributed by atoms with Crippen LogP contribution < -0.4 is 9.30 Å². The van der Waals surface area contributed by atoms with Crippen LogP contribution in [0.4, 0.5) is 0 Å². The Labute approximate surface area is 373 Å². The molecule has 284 valence electrons. The molecule has 0 aliphatic heterocycles. The molecule has 5 nitrogen and oxygen atoms in total. The lowest BCUT2D eigenvalue weighted by Gasteiger charge is -2.12. The summed E-state index contributed by atoms with van der Waals surface area (Å²) in [7, 11) is 0. The molecule has 0 spiro atoms. The van der Waals surface area contributed by atoms with Crippen LogP contribution in [0.25, 0.3) is 83.4 Å². The van der Waals surface area contributed by atoms with Crippen LogP contribution >= 0.6 is 0 Å². The first-order valence-corrected chi connectivity index (χ1v) is 18.7. The SMILES string of the molecule is [2H]c1c([2H])c([2H])c(-c2cc(-c3c([2H])c([2H])c([2H])c([2H])c3[2H])cc(-[n+]3[c-]n(-c4cccc(Oc5ccc6c7ccccc7n(-c7cc(C([2H])([2H])[2H])c(-c8c([2H])c([2H])c([2H])c([2H])c8[2H])cn7)c6c5)c4)c4ccccc43)c2)c([2H])c1[2H]. The summed E-state index contributed by atoms with van der Waals surface area (Å²) in [4.78, 5) is 4.67. The monoisotopic (exact) mass is 788 g/mol. The minimum absolute atomic E-state index is 0.120. The molecule has 60 heavy (non-hydrogen) atoms. The number of pyridine rings is 1. The van der Waals surface area contributed by atoms with E-state index in [2.05, 4.69) is 11.3 Å². The molecule has 0 radical (unpaired) electrons. The predicted molar refractivity (Wildman–Crippen MR) is 243 cm³/mol. The van der Waals surface area contributed by atoms with Crippen LogP contribution in [0.15, 0.2) is 212 Å². The molecule has 3 heterocycles. The number of para-hydroxylation sites is 3. The minimum atomic E-state index is -2.80. The number of aryl methyl sites for hydroxylation is 1. The van der Waals surface area contributed by atoms with Crippen LogP contribution in [0.1, 0.15) is 30.2 Å². The fourth-order valence-electron chi connectivity index (χ4n) is 7.49. The summed E-state index contributed by atoms with van der Waals surface area (Å²) in [6.45, 7) is -2.80. The molecule has 0 aliphatic carbocycles. The quantitative estimate of drug-likeness (QED) is 0.114. The maximum atomic E-state index is 8.85. The van der Waals surface area contributed by atoms with Gasteiger partial charge < -0.3 is 4.74 Å². The third-order valence-electron chi connectivity index (χ3n) is 10.2. The van der Waals surface area contributed by atoms with Gasteiger partial charge in [-0.2, -0.15) is 0 Å². The molecule has 0 atom stereocenters. The average Bonchev–Trinajstić information content (AvgIpc) is 4.12. The number of hydrogen-bond donors (Lipinski definition) is 0. The zero-order chi connectivity index (χ0) is 55.5. The van der Waals surface area contributed by atoms with Gasteiger partial charge in [-0.3, -0.25) is 13.7 Å². The summed E-state index contributed by atoms with van der Waals surface area (Å²) in [6.07, 6.45) is 4.61. The molecule has 11 rings (SSSR count). The van der Waals surface area contributed by atoms with Gasteiger partial charge in [0.15, 0.2) is 0 Å². The van der Waals surface area contributed by atoms with E-state index in [0.29, 0.717) is 44.9 Å². The molecule has 3 aromatic heterocycles. The lowest BCUT2D eigenvalue weighted by molar-refractivity contribution is -0.572. The number of rotatable bonds is 8. The molecule has 0 saturated carbocycles. The molecule has 0 aliphatic rings. The van der Waals surface area contributed by atoms with Crippen LogP contribution in [0.3, 0.4) is 0 Å². The van der Waals surface area contributed by atoms with E-state index >= 15 is 0 Å². The Kier molecular flexibility index (Phi) is 5.18. The van der Waals surface area contributed by atoms with Crippen LogP contribution in [-0.4, -0.2) is 14.1 Å². The number of hydrogen-bond acceptors (Lipinski definition) is 2. The molecule has 0 bridgehead atoms. The first-order valence-electron chi connectivity index (χ1n) is 27.7. The van der Waals surface area contributed by atoms with Crippen LogP contribution in [0.5, 0.6) is 11.5 Å². The van der Waals surface area contributed by atoms with Crippen molar-refractivity contribution in [1.82, 2.24) is 14.1 Å². The topological polar surface area (TPSA) is 35.9 Å². The van der Waals surface area contributed by atoms with Crippen molar-refractivity contribution in [3.8, 4) is 62.1 Å². The highest BCUT2D eigenvalue weighted by Crippen LogP contribution is 2.37. The zero-order valence-electron chi connectivity index (χ0n) is 49.2. The Bertz CT molecular complexity index is 4200. The van der Waals surface area contributed by atoms with Crippen molar-refractivity contribution in [1.29, 1.82) is 0 Å². The summed E-state index contributed by atoms with van der Waals surface area (Å²) >= 11 is 0. The summed E-state index contributed by atoms with van der Waals surface area (Å²) in [5.74, 6) is 0.964. The number of nitrogens with zero attached hydrogens (tertiary/aromatic N) is 4. The van der Waals surface area contributed by atoms with Gasteiger partial charge in [0.25, 0.3) is 6.33 Å². The Balaban J connectivity index is 1.03. The Morgan fingerprint density at radius 3 is 1.95 bits per heavy atom. The Morgan fingerprint density at radius 2 is 1.22 bits per heavy atom. The Hall–Kier alpha value is -8.02. The standard InChI is InChI=1S/C55H38N4O/c1-38-30-55(56-36-50(38)41-20-9-4-10-21-41)59-51-25-12-11-24-48(51)49-29-28-47(35-54(49)59)60-46-23-15-22-44(34-46)57-37-58(53-27-14-13-26-52(53)57)45-32-42(39-16-5-2-6-17-39)31-43(33-45)40-18-7-3-8-19-40/h2-36H,1H3/i1D3,2D,3D,4D,5D,6D,7D,8D,9D,10D,16D,17D,18D,19D,20D,21D. The summed E-state index contributed by atoms with van der Waals surface area (Å²) in [6, 6.07) is 24.8. The van der Waals surface area contributed by atoms with E-state index in [9.17, 15) is 0 Å². The second-order valence-corrected chi connectivity index (χ2v) is 13.7. The third kappa shape index (κ3) is 6.30. The highest BCUT2D eigenvalue weighted by atomic mass is 16.5. The third-order valence-corrected chi connectivity index (χ3v) is 10.2. The van der Waals surface area contributed by atoms with E-state index in [-0.39, 0.29) is 44.8 Å². The zero-order valence-corrected chi connectivity index (χ0v) is 31.2. The first-order chi connectivity index (χ1) is 37.1.